The van der Waals surface area contributed by atoms with Crippen LogP contribution in [0.4, 0.5) is 0 Å². The summed E-state index contributed by atoms with van der Waals surface area (Å²) < 4.78 is 5.29. The van der Waals surface area contributed by atoms with Crippen LogP contribution in [0, 0.1) is 0 Å². The van der Waals surface area contributed by atoms with Crippen molar-refractivity contribution in [1.29, 1.82) is 0 Å². The van der Waals surface area contributed by atoms with Crippen molar-refractivity contribution < 1.29 is 14.6 Å². The third kappa shape index (κ3) is 3.54. The number of carboxylic acids is 1. The third-order valence-electron chi connectivity index (χ3n) is 3.02. The number of rotatable bonds is 4. The molecule has 2 rings (SSSR count). The van der Waals surface area contributed by atoms with Crippen LogP contribution in [-0.2, 0) is 11.2 Å². The van der Waals surface area contributed by atoms with Gasteiger partial charge in [-0.25, -0.2) is 4.79 Å². The number of hydrogen-bond donors (Lipinski definition) is 1. The number of hydrogen-bond acceptors (Lipinski definition) is 3. The van der Waals surface area contributed by atoms with Gasteiger partial charge in [-0.2, -0.15) is 0 Å². The second-order valence-electron chi connectivity index (χ2n) is 4.21. The number of carbonyl (C=O) groups is 1. The predicted molar refractivity (Wildman–Crippen MR) is 64.4 cm³/mol. The van der Waals surface area contributed by atoms with Crippen molar-refractivity contribution in [3.63, 3.8) is 0 Å². The molecule has 1 heterocycles. The molecule has 0 atom stereocenters. The van der Waals surface area contributed by atoms with Gasteiger partial charge in [-0.1, -0.05) is 12.1 Å². The molecule has 0 bridgehead atoms. The monoisotopic (exact) mass is 235 g/mol. The highest BCUT2D eigenvalue weighted by Crippen LogP contribution is 2.07. The average molecular weight is 235 g/mol. The second-order valence-corrected chi connectivity index (χ2v) is 4.21. The Balaban J connectivity index is 1.84. The minimum Gasteiger partial charge on any atom is -0.478 e. The maximum atomic E-state index is 10.7. The van der Waals surface area contributed by atoms with Crippen molar-refractivity contribution >= 4 is 5.97 Å². The minimum absolute atomic E-state index is 0.347. The van der Waals surface area contributed by atoms with Gasteiger partial charge in [0.1, 0.15) is 0 Å². The van der Waals surface area contributed by atoms with E-state index < -0.39 is 5.97 Å². The van der Waals surface area contributed by atoms with Gasteiger partial charge in [-0.3, -0.25) is 4.90 Å². The molecular weight excluding hydrogens is 218 g/mol. The van der Waals surface area contributed by atoms with E-state index in [1.54, 1.807) is 12.1 Å². The maximum Gasteiger partial charge on any atom is 0.335 e. The van der Waals surface area contributed by atoms with Crippen molar-refractivity contribution in [1.82, 2.24) is 4.90 Å². The molecule has 17 heavy (non-hydrogen) atoms. The highest BCUT2D eigenvalue weighted by Gasteiger charge is 2.09. The number of ether oxygens (including phenoxy) is 1. The van der Waals surface area contributed by atoms with Crippen LogP contribution in [0.1, 0.15) is 15.9 Å². The molecule has 1 aromatic rings. The van der Waals surface area contributed by atoms with Gasteiger partial charge < -0.3 is 9.84 Å². The zero-order valence-corrected chi connectivity index (χ0v) is 9.76. The second kappa shape index (κ2) is 5.80. The van der Waals surface area contributed by atoms with E-state index >= 15 is 0 Å². The number of aromatic carboxylic acids is 1. The Morgan fingerprint density at radius 2 is 1.88 bits per heavy atom. The van der Waals surface area contributed by atoms with E-state index in [0.717, 1.165) is 39.3 Å². The first-order valence-corrected chi connectivity index (χ1v) is 5.88. The molecule has 0 saturated carbocycles. The van der Waals surface area contributed by atoms with Gasteiger partial charge in [0, 0.05) is 19.6 Å². The molecule has 0 unspecified atom stereocenters. The standard InChI is InChI=1S/C13H17NO3/c15-13(16)12-3-1-11(2-4-12)5-6-14-7-9-17-10-8-14/h1-4H,5-10H2,(H,15,16). The van der Waals surface area contributed by atoms with Crippen molar-refractivity contribution in [2.75, 3.05) is 32.8 Å². The molecule has 0 aromatic heterocycles. The predicted octanol–water partition coefficient (Wildman–Crippen LogP) is 1.26. The summed E-state index contributed by atoms with van der Waals surface area (Å²) in [6.45, 7) is 4.63. The first-order valence-electron chi connectivity index (χ1n) is 5.88. The van der Waals surface area contributed by atoms with Crippen LogP contribution in [0.3, 0.4) is 0 Å². The topological polar surface area (TPSA) is 49.8 Å². The molecule has 4 heteroatoms. The smallest absolute Gasteiger partial charge is 0.335 e. The summed E-state index contributed by atoms with van der Waals surface area (Å²) in [6.07, 6.45) is 0.958. The number of benzene rings is 1. The molecule has 0 spiro atoms. The Labute approximate surface area is 101 Å². The zero-order valence-electron chi connectivity index (χ0n) is 9.76. The molecule has 1 aliphatic heterocycles. The van der Waals surface area contributed by atoms with Crippen LogP contribution in [0.5, 0.6) is 0 Å². The molecule has 4 nitrogen and oxygen atoms in total. The molecular formula is C13H17NO3. The SMILES string of the molecule is O=C(O)c1ccc(CCN2CCOCC2)cc1. The van der Waals surface area contributed by atoms with Crippen molar-refractivity contribution in [2.24, 2.45) is 0 Å². The lowest BCUT2D eigenvalue weighted by Gasteiger charge is -2.26. The van der Waals surface area contributed by atoms with E-state index in [-0.39, 0.29) is 0 Å². The van der Waals surface area contributed by atoms with Gasteiger partial charge in [-0.15, -0.1) is 0 Å². The van der Waals surface area contributed by atoms with Crippen LogP contribution >= 0.6 is 0 Å². The summed E-state index contributed by atoms with van der Waals surface area (Å²) in [6, 6.07) is 7.11. The minimum atomic E-state index is -0.871. The lowest BCUT2D eigenvalue weighted by Crippen LogP contribution is -2.37. The molecule has 1 fully saturated rings. The number of morpholine rings is 1. The van der Waals surface area contributed by atoms with Crippen LogP contribution in [0.2, 0.25) is 0 Å². The fraction of sp³-hybridized carbons (Fsp3) is 0.462. The van der Waals surface area contributed by atoms with Crippen molar-refractivity contribution in [3.05, 3.63) is 35.4 Å². The fourth-order valence-electron chi connectivity index (χ4n) is 1.93. The molecule has 1 N–H and O–H groups in total. The molecule has 1 aliphatic rings. The fourth-order valence-corrected chi connectivity index (χ4v) is 1.93. The van der Waals surface area contributed by atoms with E-state index in [2.05, 4.69) is 4.90 Å². The zero-order chi connectivity index (χ0) is 12.1. The largest absolute Gasteiger partial charge is 0.478 e. The summed E-state index contributed by atoms with van der Waals surface area (Å²) in [4.78, 5) is 13.1. The number of nitrogens with zero attached hydrogens (tertiary/aromatic N) is 1. The van der Waals surface area contributed by atoms with Gasteiger partial charge in [0.25, 0.3) is 0 Å². The molecule has 0 amide bonds. The van der Waals surface area contributed by atoms with E-state index in [9.17, 15) is 4.79 Å². The van der Waals surface area contributed by atoms with Crippen LogP contribution < -0.4 is 0 Å². The lowest BCUT2D eigenvalue weighted by atomic mass is 10.1. The average Bonchev–Trinajstić information content (AvgIpc) is 2.38. The third-order valence-corrected chi connectivity index (χ3v) is 3.02. The summed E-state index contributed by atoms with van der Waals surface area (Å²) >= 11 is 0. The van der Waals surface area contributed by atoms with E-state index in [1.165, 1.54) is 5.56 Å². The molecule has 1 aromatic carbocycles. The summed E-state index contributed by atoms with van der Waals surface area (Å²) in [7, 11) is 0. The Morgan fingerprint density at radius 1 is 1.24 bits per heavy atom. The highest BCUT2D eigenvalue weighted by atomic mass is 16.5. The van der Waals surface area contributed by atoms with E-state index in [0.29, 0.717) is 5.56 Å². The molecule has 92 valence electrons. The van der Waals surface area contributed by atoms with E-state index in [1.807, 2.05) is 12.1 Å². The summed E-state index contributed by atoms with van der Waals surface area (Å²) in [5.41, 5.74) is 1.53. The Morgan fingerprint density at radius 3 is 2.47 bits per heavy atom. The molecule has 0 radical (unpaired) electrons. The first-order chi connectivity index (χ1) is 8.25. The Hall–Kier alpha value is -1.39. The Bertz CT molecular complexity index is 369. The van der Waals surface area contributed by atoms with Gasteiger partial charge >= 0.3 is 5.97 Å². The first kappa shape index (κ1) is 12.1. The Kier molecular flexibility index (Phi) is 4.12. The summed E-state index contributed by atoms with van der Waals surface area (Å²) in [5, 5.41) is 8.79. The van der Waals surface area contributed by atoms with Gasteiger partial charge in [0.2, 0.25) is 0 Å². The summed E-state index contributed by atoms with van der Waals surface area (Å²) in [5.74, 6) is -0.871. The van der Waals surface area contributed by atoms with Crippen molar-refractivity contribution in [2.45, 2.75) is 6.42 Å². The van der Waals surface area contributed by atoms with Gasteiger partial charge in [-0.05, 0) is 24.1 Å². The lowest BCUT2D eigenvalue weighted by molar-refractivity contribution is 0.0384. The molecule has 1 saturated heterocycles. The maximum absolute atomic E-state index is 10.7. The van der Waals surface area contributed by atoms with Crippen molar-refractivity contribution in [3.8, 4) is 0 Å². The number of carboxylic acid groups (broad SMARTS) is 1. The van der Waals surface area contributed by atoms with E-state index in [4.69, 9.17) is 9.84 Å². The van der Waals surface area contributed by atoms with Gasteiger partial charge in [0.05, 0.1) is 18.8 Å². The quantitative estimate of drug-likeness (QED) is 0.853. The van der Waals surface area contributed by atoms with Crippen LogP contribution in [0.15, 0.2) is 24.3 Å². The normalized spacial score (nSPS) is 16.9. The highest BCUT2D eigenvalue weighted by molar-refractivity contribution is 5.87. The van der Waals surface area contributed by atoms with Gasteiger partial charge in [0.15, 0.2) is 0 Å². The van der Waals surface area contributed by atoms with Crippen LogP contribution in [0.25, 0.3) is 0 Å². The molecule has 0 aliphatic carbocycles. The van der Waals surface area contributed by atoms with Crippen LogP contribution in [-0.4, -0.2) is 48.8 Å².